The Labute approximate surface area is 122 Å². The zero-order valence-corrected chi connectivity index (χ0v) is 12.9. The van der Waals surface area contributed by atoms with Gasteiger partial charge in [0, 0.05) is 30.2 Å². The normalized spacial score (nSPS) is 21.3. The molecule has 1 fully saturated rings. The second kappa shape index (κ2) is 5.66. The Morgan fingerprint density at radius 3 is 2.50 bits per heavy atom. The van der Waals surface area contributed by atoms with E-state index in [1.54, 1.807) is 18.7 Å². The quantitative estimate of drug-likeness (QED) is 0.798. The Hall–Kier alpha value is -1.20. The van der Waals surface area contributed by atoms with Crippen molar-refractivity contribution in [1.82, 2.24) is 4.90 Å². The molecule has 2 atom stereocenters. The van der Waals surface area contributed by atoms with E-state index in [4.69, 9.17) is 0 Å². The van der Waals surface area contributed by atoms with Crippen LogP contribution in [0.2, 0.25) is 0 Å². The summed E-state index contributed by atoms with van der Waals surface area (Å²) < 4.78 is 21.7. The number of carbonyl (C=O) groups excluding carboxylic acids is 1. The fourth-order valence-electron chi connectivity index (χ4n) is 2.44. The highest BCUT2D eigenvalue weighted by Crippen LogP contribution is 2.32. The number of benzene rings is 1. The molecule has 1 unspecified atom stereocenters. The molecular formula is C15H20NO3S-. The lowest BCUT2D eigenvalue weighted by atomic mass is 9.94. The zero-order chi connectivity index (χ0) is 14.9. The molecule has 0 bridgehead atoms. The van der Waals surface area contributed by atoms with Crippen LogP contribution in [0.4, 0.5) is 0 Å². The van der Waals surface area contributed by atoms with Crippen LogP contribution < -0.4 is 0 Å². The molecule has 1 saturated heterocycles. The van der Waals surface area contributed by atoms with Crippen molar-refractivity contribution >= 4 is 17.0 Å². The molecule has 0 aliphatic carbocycles. The zero-order valence-electron chi connectivity index (χ0n) is 12.1. The van der Waals surface area contributed by atoms with E-state index in [0.717, 1.165) is 5.56 Å². The van der Waals surface area contributed by atoms with Gasteiger partial charge in [0.2, 0.25) is 5.91 Å². The standard InChI is InChI=1S/C15H21NO3S/c1-11-4-6-12(7-5-11)9-16-10-13(8-14(16)17)15(2,3)20(18)19/h4-7,13H,8-10H2,1-3H3,(H,18,19)/p-1/t13-/m1/s1. The second-order valence-electron chi connectivity index (χ2n) is 6.00. The molecule has 5 heteroatoms. The SMILES string of the molecule is Cc1ccc(CN2C[C@H](C(C)(C)S(=O)[O-])CC2=O)cc1. The molecule has 0 saturated carbocycles. The van der Waals surface area contributed by atoms with Crippen molar-refractivity contribution in [2.75, 3.05) is 6.54 Å². The molecule has 110 valence electrons. The van der Waals surface area contributed by atoms with Gasteiger partial charge in [0.05, 0.1) is 0 Å². The van der Waals surface area contributed by atoms with Crippen molar-refractivity contribution in [3.63, 3.8) is 0 Å². The van der Waals surface area contributed by atoms with E-state index in [1.165, 1.54) is 5.56 Å². The maximum absolute atomic E-state index is 12.1. The van der Waals surface area contributed by atoms with Gasteiger partial charge in [-0.2, -0.15) is 0 Å². The lowest BCUT2D eigenvalue weighted by Gasteiger charge is -2.33. The first kappa shape index (κ1) is 15.2. The third-order valence-electron chi connectivity index (χ3n) is 4.12. The molecule has 1 heterocycles. The van der Waals surface area contributed by atoms with Crippen LogP contribution in [-0.4, -0.2) is 30.9 Å². The van der Waals surface area contributed by atoms with Gasteiger partial charge in [-0.1, -0.05) is 29.8 Å². The van der Waals surface area contributed by atoms with E-state index >= 15 is 0 Å². The summed E-state index contributed by atoms with van der Waals surface area (Å²) in [6, 6.07) is 8.05. The first-order valence-corrected chi connectivity index (χ1v) is 7.81. The summed E-state index contributed by atoms with van der Waals surface area (Å²) in [6.45, 7) is 6.45. The van der Waals surface area contributed by atoms with Gasteiger partial charge in [-0.05, 0) is 37.4 Å². The Kier molecular flexibility index (Phi) is 4.30. The van der Waals surface area contributed by atoms with Crippen molar-refractivity contribution in [2.45, 2.75) is 38.5 Å². The number of carbonyl (C=O) groups is 1. The number of nitrogens with zero attached hydrogens (tertiary/aromatic N) is 1. The molecular weight excluding hydrogens is 274 g/mol. The second-order valence-corrected chi connectivity index (χ2v) is 7.52. The molecule has 0 N–H and O–H groups in total. The Morgan fingerprint density at radius 1 is 1.35 bits per heavy atom. The summed E-state index contributed by atoms with van der Waals surface area (Å²) in [5.74, 6) is -0.104. The summed E-state index contributed by atoms with van der Waals surface area (Å²) in [4.78, 5) is 13.8. The molecule has 1 aromatic carbocycles. The number of hydrogen-bond donors (Lipinski definition) is 0. The molecule has 1 aromatic rings. The monoisotopic (exact) mass is 294 g/mol. The lowest BCUT2D eigenvalue weighted by Crippen LogP contribution is -2.37. The molecule has 2 rings (SSSR count). The summed E-state index contributed by atoms with van der Waals surface area (Å²) in [5.41, 5.74) is 2.26. The van der Waals surface area contributed by atoms with Gasteiger partial charge < -0.3 is 9.45 Å². The number of amides is 1. The van der Waals surface area contributed by atoms with Gasteiger partial charge in [-0.15, -0.1) is 0 Å². The number of likely N-dealkylation sites (tertiary alicyclic amines) is 1. The molecule has 0 aromatic heterocycles. The minimum atomic E-state index is -2.17. The first-order chi connectivity index (χ1) is 9.30. The molecule has 4 nitrogen and oxygen atoms in total. The van der Waals surface area contributed by atoms with Crippen LogP contribution in [0.1, 0.15) is 31.4 Å². The summed E-state index contributed by atoms with van der Waals surface area (Å²) >= 11 is -2.17. The van der Waals surface area contributed by atoms with E-state index in [9.17, 15) is 13.6 Å². The lowest BCUT2D eigenvalue weighted by molar-refractivity contribution is -0.128. The maximum Gasteiger partial charge on any atom is 0.223 e. The molecule has 1 aliphatic rings. The molecule has 1 amide bonds. The topological polar surface area (TPSA) is 60.4 Å². The van der Waals surface area contributed by atoms with Gasteiger partial charge in [0.1, 0.15) is 0 Å². The smallest absolute Gasteiger partial charge is 0.223 e. The van der Waals surface area contributed by atoms with E-state index < -0.39 is 15.8 Å². The largest absolute Gasteiger partial charge is 0.772 e. The van der Waals surface area contributed by atoms with Crippen LogP contribution in [0.5, 0.6) is 0 Å². The number of rotatable bonds is 4. The Bertz CT molecular complexity index is 524. The van der Waals surface area contributed by atoms with Crippen LogP contribution in [0.3, 0.4) is 0 Å². The van der Waals surface area contributed by atoms with Gasteiger partial charge in [-0.3, -0.25) is 9.00 Å². The summed E-state index contributed by atoms with van der Waals surface area (Å²) in [5, 5.41) is 0. The fraction of sp³-hybridized carbons (Fsp3) is 0.533. The van der Waals surface area contributed by atoms with Gasteiger partial charge >= 0.3 is 0 Å². The van der Waals surface area contributed by atoms with Crippen LogP contribution in [-0.2, 0) is 22.4 Å². The van der Waals surface area contributed by atoms with Crippen molar-refractivity contribution in [3.05, 3.63) is 35.4 Å². The fourth-order valence-corrected chi connectivity index (χ4v) is 2.87. The van der Waals surface area contributed by atoms with E-state index in [2.05, 4.69) is 0 Å². The molecule has 20 heavy (non-hydrogen) atoms. The van der Waals surface area contributed by atoms with Crippen LogP contribution in [0, 0.1) is 12.8 Å². The number of hydrogen-bond acceptors (Lipinski definition) is 3. The summed E-state index contributed by atoms with van der Waals surface area (Å²) in [7, 11) is 0. The van der Waals surface area contributed by atoms with Gasteiger partial charge in [-0.25, -0.2) is 0 Å². The van der Waals surface area contributed by atoms with Crippen molar-refractivity contribution in [3.8, 4) is 0 Å². The highest BCUT2D eigenvalue weighted by atomic mass is 32.2. The van der Waals surface area contributed by atoms with Crippen LogP contribution >= 0.6 is 0 Å². The third-order valence-corrected chi connectivity index (χ3v) is 5.31. The first-order valence-electron chi connectivity index (χ1n) is 6.73. The summed E-state index contributed by atoms with van der Waals surface area (Å²) in [6.07, 6.45) is 0.312. The van der Waals surface area contributed by atoms with Crippen LogP contribution in [0.15, 0.2) is 24.3 Å². The van der Waals surface area contributed by atoms with E-state index in [-0.39, 0.29) is 11.8 Å². The van der Waals surface area contributed by atoms with Gasteiger partial charge in [0.25, 0.3) is 0 Å². The third kappa shape index (κ3) is 3.10. The van der Waals surface area contributed by atoms with Crippen molar-refractivity contribution < 1.29 is 13.6 Å². The van der Waals surface area contributed by atoms with Crippen molar-refractivity contribution in [1.29, 1.82) is 0 Å². The van der Waals surface area contributed by atoms with Crippen LogP contribution in [0.25, 0.3) is 0 Å². The predicted molar refractivity (Wildman–Crippen MR) is 77.7 cm³/mol. The molecule has 1 aliphatic heterocycles. The predicted octanol–water partition coefficient (Wildman–Crippen LogP) is 2.00. The minimum absolute atomic E-state index is 0.0362. The highest BCUT2D eigenvalue weighted by Gasteiger charge is 2.40. The maximum atomic E-state index is 12.1. The van der Waals surface area contributed by atoms with Gasteiger partial charge in [0.15, 0.2) is 0 Å². The molecule has 0 spiro atoms. The Balaban J connectivity index is 2.06. The van der Waals surface area contributed by atoms with Crippen molar-refractivity contribution in [2.24, 2.45) is 5.92 Å². The van der Waals surface area contributed by atoms with E-state index in [1.807, 2.05) is 31.2 Å². The average Bonchev–Trinajstić information content (AvgIpc) is 2.74. The Morgan fingerprint density at radius 2 is 1.95 bits per heavy atom. The molecule has 0 radical (unpaired) electrons. The number of aryl methyl sites for hydroxylation is 1. The average molecular weight is 294 g/mol. The van der Waals surface area contributed by atoms with E-state index in [0.29, 0.717) is 19.5 Å². The highest BCUT2D eigenvalue weighted by molar-refractivity contribution is 7.80. The minimum Gasteiger partial charge on any atom is -0.772 e.